The molecule has 0 radical (unpaired) electrons. The maximum Gasteiger partial charge on any atom is 0.227 e. The number of carbonyl (C=O) groups excluding carboxylic acids is 1. The molecule has 1 aromatic carbocycles. The van der Waals surface area contributed by atoms with Crippen molar-refractivity contribution in [2.24, 2.45) is 11.0 Å². The summed E-state index contributed by atoms with van der Waals surface area (Å²) in [6, 6.07) is 3.55. The zero-order valence-electron chi connectivity index (χ0n) is 11.3. The SMILES string of the molecule is COc1cc(Cl)c(C)cc1N1CC(CN=[N+]=[N-])CC1=O. The van der Waals surface area contributed by atoms with Crippen molar-refractivity contribution in [2.45, 2.75) is 13.3 Å². The molecule has 7 heteroatoms. The van der Waals surface area contributed by atoms with Crippen LogP contribution >= 0.6 is 11.6 Å². The van der Waals surface area contributed by atoms with Crippen LogP contribution in [0, 0.1) is 12.8 Å². The van der Waals surface area contributed by atoms with Crippen molar-refractivity contribution >= 4 is 23.2 Å². The van der Waals surface area contributed by atoms with Gasteiger partial charge in [0.1, 0.15) is 5.75 Å². The van der Waals surface area contributed by atoms with Gasteiger partial charge in [0.15, 0.2) is 0 Å². The zero-order valence-corrected chi connectivity index (χ0v) is 12.1. The number of hydrogen-bond acceptors (Lipinski definition) is 3. The highest BCUT2D eigenvalue weighted by Crippen LogP contribution is 2.36. The molecule has 1 heterocycles. The lowest BCUT2D eigenvalue weighted by atomic mass is 10.1. The fraction of sp³-hybridized carbons (Fsp3) is 0.462. The predicted molar refractivity (Wildman–Crippen MR) is 77.2 cm³/mol. The van der Waals surface area contributed by atoms with Crippen LogP contribution < -0.4 is 9.64 Å². The van der Waals surface area contributed by atoms with Gasteiger partial charge in [-0.1, -0.05) is 16.7 Å². The Bertz CT molecular complexity index is 584. The van der Waals surface area contributed by atoms with E-state index < -0.39 is 0 Å². The molecule has 0 aliphatic carbocycles. The average Bonchev–Trinajstić information content (AvgIpc) is 2.80. The fourth-order valence-corrected chi connectivity index (χ4v) is 2.46. The highest BCUT2D eigenvalue weighted by molar-refractivity contribution is 6.31. The standard InChI is InChI=1S/C13H15ClN4O2/c1-8-3-11(12(20-2)5-10(8)14)18-7-9(4-13(18)19)6-16-17-15/h3,5,9H,4,6-7H2,1-2H3. The highest BCUT2D eigenvalue weighted by atomic mass is 35.5. The minimum absolute atomic E-state index is 0.00293. The second kappa shape index (κ2) is 6.03. The summed E-state index contributed by atoms with van der Waals surface area (Å²) in [7, 11) is 1.54. The van der Waals surface area contributed by atoms with E-state index in [0.717, 1.165) is 5.56 Å². The molecular weight excluding hydrogens is 280 g/mol. The summed E-state index contributed by atoms with van der Waals surface area (Å²) >= 11 is 6.07. The molecule has 1 atom stereocenters. The van der Waals surface area contributed by atoms with E-state index in [-0.39, 0.29) is 11.8 Å². The van der Waals surface area contributed by atoms with Gasteiger partial charge in [0.05, 0.1) is 12.8 Å². The Kier molecular flexibility index (Phi) is 4.37. The smallest absolute Gasteiger partial charge is 0.227 e. The van der Waals surface area contributed by atoms with Gasteiger partial charge < -0.3 is 9.64 Å². The molecule has 1 amide bonds. The van der Waals surface area contributed by atoms with Crippen LogP contribution in [0.4, 0.5) is 5.69 Å². The number of benzene rings is 1. The molecule has 6 nitrogen and oxygen atoms in total. The quantitative estimate of drug-likeness (QED) is 0.485. The van der Waals surface area contributed by atoms with E-state index in [1.165, 1.54) is 0 Å². The lowest BCUT2D eigenvalue weighted by molar-refractivity contribution is -0.117. The number of amides is 1. The first-order valence-electron chi connectivity index (χ1n) is 6.22. The minimum Gasteiger partial charge on any atom is -0.495 e. The summed E-state index contributed by atoms with van der Waals surface area (Å²) < 4.78 is 5.30. The third-order valence-corrected chi connectivity index (χ3v) is 3.77. The Morgan fingerprint density at radius 3 is 3.00 bits per heavy atom. The number of aryl methyl sites for hydroxylation is 1. The van der Waals surface area contributed by atoms with Gasteiger partial charge in [0.25, 0.3) is 0 Å². The van der Waals surface area contributed by atoms with Crippen LogP contribution in [0.25, 0.3) is 10.4 Å². The molecule has 2 rings (SSSR count). The van der Waals surface area contributed by atoms with Gasteiger partial charge in [-0.3, -0.25) is 4.79 Å². The minimum atomic E-state index is 0.00293. The number of nitrogens with zero attached hydrogens (tertiary/aromatic N) is 4. The number of methoxy groups -OCH3 is 1. The monoisotopic (exact) mass is 294 g/mol. The van der Waals surface area contributed by atoms with E-state index in [1.807, 2.05) is 13.0 Å². The van der Waals surface area contributed by atoms with Gasteiger partial charge in [-0.15, -0.1) is 0 Å². The van der Waals surface area contributed by atoms with Crippen molar-refractivity contribution in [2.75, 3.05) is 25.1 Å². The van der Waals surface area contributed by atoms with Crippen molar-refractivity contribution in [3.05, 3.63) is 33.2 Å². The van der Waals surface area contributed by atoms with Gasteiger partial charge in [0.2, 0.25) is 5.91 Å². The third-order valence-electron chi connectivity index (χ3n) is 3.36. The van der Waals surface area contributed by atoms with E-state index >= 15 is 0 Å². The maximum absolute atomic E-state index is 12.1. The molecule has 1 unspecified atom stereocenters. The Balaban J connectivity index is 2.29. The van der Waals surface area contributed by atoms with Gasteiger partial charge in [-0.25, -0.2) is 0 Å². The number of azide groups is 1. The van der Waals surface area contributed by atoms with E-state index in [2.05, 4.69) is 10.0 Å². The van der Waals surface area contributed by atoms with Crippen LogP contribution in [0.15, 0.2) is 17.2 Å². The number of halogens is 1. The Labute approximate surface area is 121 Å². The molecule has 20 heavy (non-hydrogen) atoms. The van der Waals surface area contributed by atoms with Crippen LogP contribution in [0.5, 0.6) is 5.75 Å². The highest BCUT2D eigenvalue weighted by Gasteiger charge is 2.32. The summed E-state index contributed by atoms with van der Waals surface area (Å²) in [6.07, 6.45) is 0.379. The van der Waals surface area contributed by atoms with Crippen LogP contribution in [0.1, 0.15) is 12.0 Å². The Morgan fingerprint density at radius 2 is 2.35 bits per heavy atom. The van der Waals surface area contributed by atoms with E-state index in [1.54, 1.807) is 18.1 Å². The average molecular weight is 295 g/mol. The van der Waals surface area contributed by atoms with Gasteiger partial charge >= 0.3 is 0 Å². The van der Waals surface area contributed by atoms with Crippen molar-refractivity contribution in [1.29, 1.82) is 0 Å². The van der Waals surface area contributed by atoms with Crippen LogP contribution in [0.3, 0.4) is 0 Å². The van der Waals surface area contributed by atoms with Crippen LogP contribution in [0.2, 0.25) is 5.02 Å². The second-order valence-corrected chi connectivity index (χ2v) is 5.17. The number of rotatable bonds is 4. The van der Waals surface area contributed by atoms with E-state index in [9.17, 15) is 4.79 Å². The van der Waals surface area contributed by atoms with Crippen LogP contribution in [-0.4, -0.2) is 26.1 Å². The van der Waals surface area contributed by atoms with Gasteiger partial charge in [-0.05, 0) is 30.0 Å². The fourth-order valence-electron chi connectivity index (χ4n) is 2.31. The molecule has 0 bridgehead atoms. The maximum atomic E-state index is 12.1. The summed E-state index contributed by atoms with van der Waals surface area (Å²) in [5.74, 6) is 0.612. The zero-order chi connectivity index (χ0) is 14.7. The van der Waals surface area contributed by atoms with Crippen LogP contribution in [-0.2, 0) is 4.79 Å². The van der Waals surface area contributed by atoms with Crippen molar-refractivity contribution < 1.29 is 9.53 Å². The normalized spacial score (nSPS) is 18.1. The number of hydrogen-bond donors (Lipinski definition) is 0. The number of anilines is 1. The molecule has 1 aliphatic rings. The Morgan fingerprint density at radius 1 is 1.60 bits per heavy atom. The predicted octanol–water partition coefficient (Wildman–Crippen LogP) is 3.32. The molecular formula is C13H15ClN4O2. The molecule has 1 aromatic rings. The first-order chi connectivity index (χ1) is 9.56. The lowest BCUT2D eigenvalue weighted by Crippen LogP contribution is -2.25. The number of ether oxygens (including phenoxy) is 1. The summed E-state index contributed by atoms with van der Waals surface area (Å²) in [5, 5.41) is 4.14. The van der Waals surface area contributed by atoms with Gasteiger partial charge in [0, 0.05) is 35.5 Å². The van der Waals surface area contributed by atoms with E-state index in [4.69, 9.17) is 21.9 Å². The molecule has 0 aromatic heterocycles. The second-order valence-electron chi connectivity index (χ2n) is 4.76. The molecule has 0 saturated carbocycles. The first kappa shape index (κ1) is 14.5. The topological polar surface area (TPSA) is 78.3 Å². The molecule has 1 saturated heterocycles. The summed E-state index contributed by atoms with van der Waals surface area (Å²) in [5.41, 5.74) is 9.94. The number of carbonyl (C=O) groups is 1. The molecule has 0 spiro atoms. The summed E-state index contributed by atoms with van der Waals surface area (Å²) in [6.45, 7) is 2.73. The molecule has 1 fully saturated rings. The van der Waals surface area contributed by atoms with Crippen molar-refractivity contribution in [3.8, 4) is 5.75 Å². The van der Waals surface area contributed by atoms with Crippen molar-refractivity contribution in [1.82, 2.24) is 0 Å². The third kappa shape index (κ3) is 2.81. The van der Waals surface area contributed by atoms with Gasteiger partial charge in [-0.2, -0.15) is 0 Å². The molecule has 1 aliphatic heterocycles. The van der Waals surface area contributed by atoms with E-state index in [0.29, 0.717) is 36.0 Å². The summed E-state index contributed by atoms with van der Waals surface area (Å²) in [4.78, 5) is 16.5. The first-order valence-corrected chi connectivity index (χ1v) is 6.60. The lowest BCUT2D eigenvalue weighted by Gasteiger charge is -2.20. The molecule has 0 N–H and O–H groups in total. The Hall–Kier alpha value is -1.91. The van der Waals surface area contributed by atoms with Crippen molar-refractivity contribution in [3.63, 3.8) is 0 Å². The largest absolute Gasteiger partial charge is 0.495 e. The molecule has 106 valence electrons.